The molecule has 1 N–H and O–H groups in total. The Kier molecular flexibility index (Phi) is 2.46. The molecule has 1 aromatic heterocycles. The van der Waals surface area contributed by atoms with Gasteiger partial charge in [0.25, 0.3) is 0 Å². The van der Waals surface area contributed by atoms with Crippen LogP contribution in [0.4, 0.5) is 0 Å². The van der Waals surface area contributed by atoms with Crippen LogP contribution in [0.2, 0.25) is 0 Å². The highest BCUT2D eigenvalue weighted by Crippen LogP contribution is 2.30. The fraction of sp³-hybridized carbons (Fsp3) is 0.250. The topological polar surface area (TPSA) is 38.1 Å². The third kappa shape index (κ3) is 1.61. The number of hydrogen-bond acceptors (Lipinski definition) is 2. The van der Waals surface area contributed by atoms with Crippen molar-refractivity contribution in [1.29, 1.82) is 0 Å². The molecule has 78 valence electrons. The van der Waals surface area contributed by atoms with Gasteiger partial charge in [0.15, 0.2) is 5.75 Å². The molecule has 1 heterocycles. The zero-order chi connectivity index (χ0) is 10.8. The van der Waals surface area contributed by atoms with Gasteiger partial charge in [-0.3, -0.25) is 4.68 Å². The zero-order valence-corrected chi connectivity index (χ0v) is 8.94. The maximum Gasteiger partial charge on any atom is 0.164 e. The summed E-state index contributed by atoms with van der Waals surface area (Å²) in [5.41, 5.74) is 2.48. The van der Waals surface area contributed by atoms with E-state index >= 15 is 0 Å². The highest BCUT2D eigenvalue weighted by Gasteiger charge is 2.14. The number of aromatic nitrogens is 2. The van der Waals surface area contributed by atoms with Crippen LogP contribution >= 0.6 is 0 Å². The monoisotopic (exact) mass is 202 g/mol. The molecule has 0 aliphatic rings. The van der Waals surface area contributed by atoms with E-state index in [0.29, 0.717) is 11.4 Å². The lowest BCUT2D eigenvalue weighted by Crippen LogP contribution is -1.95. The van der Waals surface area contributed by atoms with E-state index in [4.69, 9.17) is 0 Å². The van der Waals surface area contributed by atoms with E-state index in [1.165, 1.54) is 0 Å². The van der Waals surface area contributed by atoms with Gasteiger partial charge in [-0.25, -0.2) is 0 Å². The normalized spacial score (nSPS) is 10.5. The van der Waals surface area contributed by atoms with Crippen LogP contribution in [0.5, 0.6) is 5.75 Å². The molecule has 0 amide bonds. The number of benzene rings is 1. The second-order valence-electron chi connectivity index (χ2n) is 3.49. The largest absolute Gasteiger partial charge is 0.504 e. The van der Waals surface area contributed by atoms with E-state index in [9.17, 15) is 5.11 Å². The summed E-state index contributed by atoms with van der Waals surface area (Å²) in [6.45, 7) is 2.01. The molecule has 0 atom stereocenters. The molecule has 2 rings (SSSR count). The van der Waals surface area contributed by atoms with Crippen LogP contribution in [-0.2, 0) is 13.5 Å². The van der Waals surface area contributed by atoms with Gasteiger partial charge in [-0.15, -0.1) is 0 Å². The molecule has 0 fully saturated rings. The van der Waals surface area contributed by atoms with Crippen molar-refractivity contribution in [3.05, 3.63) is 36.0 Å². The summed E-state index contributed by atoms with van der Waals surface area (Å²) in [7, 11) is 1.85. The van der Waals surface area contributed by atoms with E-state index in [2.05, 4.69) is 5.10 Å². The smallest absolute Gasteiger partial charge is 0.164 e. The average molecular weight is 202 g/mol. The number of aromatic hydroxyl groups is 1. The van der Waals surface area contributed by atoms with Gasteiger partial charge < -0.3 is 5.11 Å². The Morgan fingerprint density at radius 2 is 1.93 bits per heavy atom. The Hall–Kier alpha value is -1.77. The minimum atomic E-state index is 0.297. The number of hydrogen-bond donors (Lipinski definition) is 1. The second kappa shape index (κ2) is 3.77. The number of aryl methyl sites for hydroxylation is 1. The Bertz CT molecular complexity index is 460. The Labute approximate surface area is 89.0 Å². The minimum absolute atomic E-state index is 0.297. The van der Waals surface area contributed by atoms with Gasteiger partial charge in [-0.2, -0.15) is 5.10 Å². The third-order valence-corrected chi connectivity index (χ3v) is 2.52. The van der Waals surface area contributed by atoms with E-state index in [0.717, 1.165) is 17.7 Å². The molecule has 0 bridgehead atoms. The van der Waals surface area contributed by atoms with Gasteiger partial charge in [0.2, 0.25) is 0 Å². The predicted octanol–water partition coefficient (Wildman–Crippen LogP) is 2.36. The summed E-state index contributed by atoms with van der Waals surface area (Å²) in [4.78, 5) is 0. The van der Waals surface area contributed by atoms with Gasteiger partial charge in [0, 0.05) is 12.6 Å². The Morgan fingerprint density at radius 1 is 1.27 bits per heavy atom. The molecule has 3 heteroatoms. The van der Waals surface area contributed by atoms with Crippen molar-refractivity contribution >= 4 is 0 Å². The molecule has 0 aliphatic carbocycles. The Morgan fingerprint density at radius 3 is 2.47 bits per heavy atom. The van der Waals surface area contributed by atoms with E-state index in [1.54, 1.807) is 4.68 Å². The summed E-state index contributed by atoms with van der Waals surface area (Å²) in [5.74, 6) is 0.297. The third-order valence-electron chi connectivity index (χ3n) is 2.52. The van der Waals surface area contributed by atoms with E-state index < -0.39 is 0 Å². The van der Waals surface area contributed by atoms with Crippen LogP contribution in [0, 0.1) is 0 Å². The molecule has 2 aromatic rings. The number of nitrogens with zero attached hydrogens (tertiary/aromatic N) is 2. The second-order valence-corrected chi connectivity index (χ2v) is 3.49. The van der Waals surface area contributed by atoms with Gasteiger partial charge >= 0.3 is 0 Å². The van der Waals surface area contributed by atoms with E-state index in [-0.39, 0.29) is 0 Å². The summed E-state index contributed by atoms with van der Waals surface area (Å²) < 4.78 is 1.73. The maximum absolute atomic E-state index is 9.98. The first kappa shape index (κ1) is 9.77. The number of rotatable bonds is 2. The molecule has 0 aliphatic heterocycles. The predicted molar refractivity (Wildman–Crippen MR) is 59.7 cm³/mol. The van der Waals surface area contributed by atoms with E-state index in [1.807, 2.05) is 44.3 Å². The highest BCUT2D eigenvalue weighted by molar-refractivity contribution is 5.66. The van der Waals surface area contributed by atoms with Crippen molar-refractivity contribution in [3.8, 4) is 17.0 Å². The molecule has 0 radical (unpaired) electrons. The van der Waals surface area contributed by atoms with Gasteiger partial charge in [-0.1, -0.05) is 37.3 Å². The highest BCUT2D eigenvalue weighted by atomic mass is 16.3. The van der Waals surface area contributed by atoms with Crippen molar-refractivity contribution in [1.82, 2.24) is 9.78 Å². The lowest BCUT2D eigenvalue weighted by molar-refractivity contribution is 0.468. The standard InChI is InChI=1S/C12H14N2O/c1-3-10-12(15)11(13-14(10)2)9-7-5-4-6-8-9/h4-8,15H,3H2,1-2H3. The van der Waals surface area contributed by atoms with Crippen molar-refractivity contribution in [2.45, 2.75) is 13.3 Å². The van der Waals surface area contributed by atoms with Crippen LogP contribution in [0.15, 0.2) is 30.3 Å². The first-order chi connectivity index (χ1) is 7.24. The van der Waals surface area contributed by atoms with Crippen LogP contribution < -0.4 is 0 Å². The molecule has 0 saturated heterocycles. The molecule has 0 saturated carbocycles. The first-order valence-electron chi connectivity index (χ1n) is 5.04. The minimum Gasteiger partial charge on any atom is -0.504 e. The quantitative estimate of drug-likeness (QED) is 0.811. The van der Waals surface area contributed by atoms with Crippen LogP contribution in [-0.4, -0.2) is 14.9 Å². The lowest BCUT2D eigenvalue weighted by Gasteiger charge is -1.97. The average Bonchev–Trinajstić information content (AvgIpc) is 2.55. The van der Waals surface area contributed by atoms with Crippen LogP contribution in [0.1, 0.15) is 12.6 Å². The summed E-state index contributed by atoms with van der Waals surface area (Å²) in [6, 6.07) is 9.72. The van der Waals surface area contributed by atoms with Gasteiger partial charge in [-0.05, 0) is 6.42 Å². The van der Waals surface area contributed by atoms with Crippen LogP contribution in [0.3, 0.4) is 0 Å². The van der Waals surface area contributed by atoms with Crippen molar-refractivity contribution in [3.63, 3.8) is 0 Å². The summed E-state index contributed by atoms with van der Waals surface area (Å²) in [5, 5.41) is 14.3. The molecular formula is C12H14N2O. The molecule has 3 nitrogen and oxygen atoms in total. The Balaban J connectivity index is 2.55. The maximum atomic E-state index is 9.98. The lowest BCUT2D eigenvalue weighted by atomic mass is 10.1. The van der Waals surface area contributed by atoms with Crippen molar-refractivity contribution < 1.29 is 5.11 Å². The molecule has 1 aromatic carbocycles. The fourth-order valence-electron chi connectivity index (χ4n) is 1.73. The van der Waals surface area contributed by atoms with Crippen LogP contribution in [0.25, 0.3) is 11.3 Å². The van der Waals surface area contributed by atoms with Crippen molar-refractivity contribution in [2.24, 2.45) is 7.05 Å². The summed E-state index contributed by atoms with van der Waals surface area (Å²) >= 11 is 0. The molecular weight excluding hydrogens is 188 g/mol. The molecule has 0 spiro atoms. The molecule has 0 unspecified atom stereocenters. The molecule has 15 heavy (non-hydrogen) atoms. The van der Waals surface area contributed by atoms with Gasteiger partial charge in [0.05, 0.1) is 5.69 Å². The SMILES string of the molecule is CCc1c(O)c(-c2ccccc2)nn1C. The fourth-order valence-corrected chi connectivity index (χ4v) is 1.73. The first-order valence-corrected chi connectivity index (χ1v) is 5.04. The zero-order valence-electron chi connectivity index (χ0n) is 8.94. The summed E-state index contributed by atoms with van der Waals surface area (Å²) in [6.07, 6.45) is 0.780. The van der Waals surface area contributed by atoms with Crippen molar-refractivity contribution in [2.75, 3.05) is 0 Å². The van der Waals surface area contributed by atoms with Gasteiger partial charge in [0.1, 0.15) is 5.69 Å².